The van der Waals surface area contributed by atoms with Gasteiger partial charge in [0, 0.05) is 45.2 Å². The van der Waals surface area contributed by atoms with Crippen LogP contribution in [0.1, 0.15) is 32.3 Å². The van der Waals surface area contributed by atoms with E-state index in [2.05, 4.69) is 17.0 Å². The fourth-order valence-electron chi connectivity index (χ4n) is 2.78. The Morgan fingerprint density at radius 1 is 1.16 bits per heavy atom. The number of halogens is 2. The zero-order chi connectivity index (χ0) is 16.7. The predicted molar refractivity (Wildman–Crippen MR) is 107 cm³/mol. The van der Waals surface area contributed by atoms with Crippen LogP contribution in [0.25, 0.3) is 0 Å². The van der Waals surface area contributed by atoms with Crippen LogP contribution < -0.4 is 10.5 Å². The third kappa shape index (κ3) is 8.27. The number of hydrogen-bond donors (Lipinski definition) is 1. The minimum Gasteiger partial charge on any atom is -0.494 e. The molecule has 1 saturated heterocycles. The highest BCUT2D eigenvalue weighted by molar-refractivity contribution is 5.85. The van der Waals surface area contributed by atoms with Crippen LogP contribution in [0.15, 0.2) is 24.3 Å². The molecule has 1 aromatic rings. The Morgan fingerprint density at radius 2 is 1.76 bits per heavy atom. The van der Waals surface area contributed by atoms with E-state index in [9.17, 15) is 4.79 Å². The van der Waals surface area contributed by atoms with E-state index in [1.165, 1.54) is 5.56 Å². The summed E-state index contributed by atoms with van der Waals surface area (Å²) < 4.78 is 5.46. The maximum atomic E-state index is 12.1. The van der Waals surface area contributed by atoms with E-state index >= 15 is 0 Å². The molecule has 1 atom stereocenters. The standard InChI is InChI=1S/C18H29N3O2.2ClH/c1-3-23-17-7-5-16(6-8-17)14-20-10-12-21(13-11-20)18(22)9-4-15(2)19;;/h5-8,15H,3-4,9-14,19H2,1-2H3;2*1H. The maximum absolute atomic E-state index is 12.1. The molecule has 2 N–H and O–H groups in total. The number of nitrogens with zero attached hydrogens (tertiary/aromatic N) is 2. The van der Waals surface area contributed by atoms with E-state index in [1.807, 2.05) is 30.9 Å². The maximum Gasteiger partial charge on any atom is 0.222 e. The van der Waals surface area contributed by atoms with Gasteiger partial charge in [-0.3, -0.25) is 9.69 Å². The van der Waals surface area contributed by atoms with Crippen molar-refractivity contribution in [3.05, 3.63) is 29.8 Å². The predicted octanol–water partition coefficient (Wildman–Crippen LogP) is 2.70. The van der Waals surface area contributed by atoms with Gasteiger partial charge in [0.2, 0.25) is 5.91 Å². The third-order valence-electron chi connectivity index (χ3n) is 4.18. The van der Waals surface area contributed by atoms with Gasteiger partial charge in [0.15, 0.2) is 0 Å². The molecule has 1 unspecified atom stereocenters. The van der Waals surface area contributed by atoms with Crippen molar-refractivity contribution in [3.63, 3.8) is 0 Å². The summed E-state index contributed by atoms with van der Waals surface area (Å²) in [5.74, 6) is 1.16. The lowest BCUT2D eigenvalue weighted by Gasteiger charge is -2.35. The molecule has 0 saturated carbocycles. The van der Waals surface area contributed by atoms with Gasteiger partial charge in [0.25, 0.3) is 0 Å². The highest BCUT2D eigenvalue weighted by atomic mass is 35.5. The molecule has 1 heterocycles. The zero-order valence-corrected chi connectivity index (χ0v) is 16.8. The fraction of sp³-hybridized carbons (Fsp3) is 0.611. The van der Waals surface area contributed by atoms with E-state index < -0.39 is 0 Å². The topological polar surface area (TPSA) is 58.8 Å². The summed E-state index contributed by atoms with van der Waals surface area (Å²) in [5, 5.41) is 0. The second kappa shape index (κ2) is 12.4. The summed E-state index contributed by atoms with van der Waals surface area (Å²) in [6.45, 7) is 9.04. The average Bonchev–Trinajstić information content (AvgIpc) is 2.55. The number of piperazine rings is 1. The zero-order valence-electron chi connectivity index (χ0n) is 15.1. The van der Waals surface area contributed by atoms with Crippen LogP contribution in [0.5, 0.6) is 5.75 Å². The molecule has 1 aromatic carbocycles. The molecule has 0 aliphatic carbocycles. The molecule has 1 amide bonds. The highest BCUT2D eigenvalue weighted by Gasteiger charge is 2.20. The molecule has 25 heavy (non-hydrogen) atoms. The van der Waals surface area contributed by atoms with Crippen LogP contribution in [0.3, 0.4) is 0 Å². The first kappa shape index (κ1) is 24.0. The summed E-state index contributed by atoms with van der Waals surface area (Å²) in [7, 11) is 0. The summed E-state index contributed by atoms with van der Waals surface area (Å²) in [6.07, 6.45) is 1.34. The van der Waals surface area contributed by atoms with Crippen molar-refractivity contribution < 1.29 is 9.53 Å². The Bertz CT molecular complexity index is 490. The number of amides is 1. The first-order chi connectivity index (χ1) is 11.1. The molecule has 1 fully saturated rings. The fourth-order valence-corrected chi connectivity index (χ4v) is 2.78. The lowest BCUT2D eigenvalue weighted by Crippen LogP contribution is -2.48. The highest BCUT2D eigenvalue weighted by Crippen LogP contribution is 2.15. The Balaban J connectivity index is 0.00000288. The Kier molecular flexibility index (Phi) is 11.9. The van der Waals surface area contributed by atoms with Gasteiger partial charge in [-0.25, -0.2) is 0 Å². The quantitative estimate of drug-likeness (QED) is 0.775. The number of hydrogen-bond acceptors (Lipinski definition) is 4. The van der Waals surface area contributed by atoms with Gasteiger partial charge in [-0.1, -0.05) is 12.1 Å². The van der Waals surface area contributed by atoms with Gasteiger partial charge in [-0.15, -0.1) is 24.8 Å². The van der Waals surface area contributed by atoms with E-state index in [0.29, 0.717) is 13.0 Å². The van der Waals surface area contributed by atoms with Gasteiger partial charge < -0.3 is 15.4 Å². The molecule has 0 aromatic heterocycles. The van der Waals surface area contributed by atoms with Crippen LogP contribution in [0.2, 0.25) is 0 Å². The molecule has 0 radical (unpaired) electrons. The smallest absolute Gasteiger partial charge is 0.222 e. The van der Waals surface area contributed by atoms with Crippen LogP contribution in [0, 0.1) is 0 Å². The lowest BCUT2D eigenvalue weighted by molar-refractivity contribution is -0.133. The molecule has 2 rings (SSSR count). The molecule has 1 aliphatic heterocycles. The molecule has 0 spiro atoms. The third-order valence-corrected chi connectivity index (χ3v) is 4.18. The molecular formula is C18H31Cl2N3O2. The normalized spacial score (nSPS) is 15.7. The SMILES string of the molecule is CCOc1ccc(CN2CCN(C(=O)CCC(C)N)CC2)cc1.Cl.Cl. The summed E-state index contributed by atoms with van der Waals surface area (Å²) in [4.78, 5) is 16.5. The lowest BCUT2D eigenvalue weighted by atomic mass is 10.1. The molecule has 144 valence electrons. The van der Waals surface area contributed by atoms with E-state index in [4.69, 9.17) is 10.5 Å². The van der Waals surface area contributed by atoms with Gasteiger partial charge in [0.1, 0.15) is 5.75 Å². The number of carbonyl (C=O) groups excluding carboxylic acids is 1. The second-order valence-electron chi connectivity index (χ2n) is 6.25. The van der Waals surface area contributed by atoms with Crippen LogP contribution >= 0.6 is 24.8 Å². The largest absolute Gasteiger partial charge is 0.494 e. The van der Waals surface area contributed by atoms with E-state index in [0.717, 1.165) is 44.9 Å². The number of rotatable bonds is 7. The van der Waals surface area contributed by atoms with Crippen molar-refractivity contribution in [1.82, 2.24) is 9.80 Å². The second-order valence-corrected chi connectivity index (χ2v) is 6.25. The molecule has 7 heteroatoms. The van der Waals surface area contributed by atoms with Crippen LogP contribution in [-0.4, -0.2) is 54.5 Å². The Morgan fingerprint density at radius 3 is 2.28 bits per heavy atom. The number of carbonyl (C=O) groups is 1. The van der Waals surface area contributed by atoms with Crippen LogP contribution in [-0.2, 0) is 11.3 Å². The van der Waals surface area contributed by atoms with Crippen molar-refractivity contribution in [2.75, 3.05) is 32.8 Å². The van der Waals surface area contributed by atoms with Crippen molar-refractivity contribution in [3.8, 4) is 5.75 Å². The number of nitrogens with two attached hydrogens (primary N) is 1. The van der Waals surface area contributed by atoms with Gasteiger partial charge >= 0.3 is 0 Å². The van der Waals surface area contributed by atoms with Crippen molar-refractivity contribution in [2.45, 2.75) is 39.3 Å². The van der Waals surface area contributed by atoms with Crippen molar-refractivity contribution in [1.29, 1.82) is 0 Å². The van der Waals surface area contributed by atoms with Crippen molar-refractivity contribution in [2.24, 2.45) is 5.73 Å². The van der Waals surface area contributed by atoms with Gasteiger partial charge in [-0.2, -0.15) is 0 Å². The summed E-state index contributed by atoms with van der Waals surface area (Å²) in [5.41, 5.74) is 7.00. The van der Waals surface area contributed by atoms with Crippen molar-refractivity contribution >= 4 is 30.7 Å². The minimum absolute atomic E-state index is 0. The first-order valence-electron chi connectivity index (χ1n) is 8.56. The summed E-state index contributed by atoms with van der Waals surface area (Å²) in [6, 6.07) is 8.37. The Labute approximate surface area is 163 Å². The van der Waals surface area contributed by atoms with Crippen LogP contribution in [0.4, 0.5) is 0 Å². The first-order valence-corrected chi connectivity index (χ1v) is 8.56. The molecule has 1 aliphatic rings. The number of benzene rings is 1. The monoisotopic (exact) mass is 391 g/mol. The molecule has 0 bridgehead atoms. The Hall–Kier alpha value is -1.01. The van der Waals surface area contributed by atoms with Gasteiger partial charge in [-0.05, 0) is 38.0 Å². The molecular weight excluding hydrogens is 361 g/mol. The number of ether oxygens (including phenoxy) is 1. The minimum atomic E-state index is 0. The van der Waals surface area contributed by atoms with Gasteiger partial charge in [0.05, 0.1) is 6.61 Å². The summed E-state index contributed by atoms with van der Waals surface area (Å²) >= 11 is 0. The van der Waals surface area contributed by atoms with E-state index in [-0.39, 0.29) is 36.8 Å². The van der Waals surface area contributed by atoms with E-state index in [1.54, 1.807) is 0 Å². The molecule has 5 nitrogen and oxygen atoms in total. The average molecular weight is 392 g/mol.